The second-order valence-corrected chi connectivity index (χ2v) is 4.50. The Bertz CT molecular complexity index is 531. The standard InChI is InChI=1S/C14H16F3NO4/c1-2-3-7-22-13(21)18(9-12(19)20)11-6-4-5-10(8-11)14(15,16)17/h4-6,8H,2-3,7,9H2,1H3,(H,19,20). The van der Waals surface area contributed by atoms with Crippen molar-refractivity contribution in [3.63, 3.8) is 0 Å². The Morgan fingerprint density at radius 1 is 1.32 bits per heavy atom. The molecule has 0 spiro atoms. The van der Waals surface area contributed by atoms with Crippen LogP contribution in [-0.2, 0) is 15.7 Å². The lowest BCUT2D eigenvalue weighted by atomic mass is 10.2. The minimum Gasteiger partial charge on any atom is -0.480 e. The third kappa shape index (κ3) is 5.27. The number of alkyl halides is 3. The van der Waals surface area contributed by atoms with Crippen LogP contribution in [-0.4, -0.2) is 30.3 Å². The summed E-state index contributed by atoms with van der Waals surface area (Å²) >= 11 is 0. The van der Waals surface area contributed by atoms with E-state index in [-0.39, 0.29) is 12.3 Å². The Kier molecular flexibility index (Phi) is 6.21. The number of hydrogen-bond acceptors (Lipinski definition) is 3. The SMILES string of the molecule is CCCCOC(=O)N(CC(=O)O)c1cccc(C(F)(F)F)c1. The predicted molar refractivity (Wildman–Crippen MR) is 72.7 cm³/mol. The fraction of sp³-hybridized carbons (Fsp3) is 0.429. The highest BCUT2D eigenvalue weighted by atomic mass is 19.4. The summed E-state index contributed by atoms with van der Waals surface area (Å²) < 4.78 is 42.9. The van der Waals surface area contributed by atoms with Crippen molar-refractivity contribution < 1.29 is 32.6 Å². The maximum atomic E-state index is 12.7. The molecule has 0 aliphatic rings. The van der Waals surface area contributed by atoms with Crippen LogP contribution in [0.2, 0.25) is 0 Å². The van der Waals surface area contributed by atoms with Crippen LogP contribution in [0, 0.1) is 0 Å². The van der Waals surface area contributed by atoms with Gasteiger partial charge in [-0.1, -0.05) is 19.4 Å². The quantitative estimate of drug-likeness (QED) is 0.815. The molecule has 0 aliphatic carbocycles. The molecule has 22 heavy (non-hydrogen) atoms. The molecule has 0 bridgehead atoms. The van der Waals surface area contributed by atoms with Crippen LogP contribution in [0.5, 0.6) is 0 Å². The first-order valence-corrected chi connectivity index (χ1v) is 6.59. The lowest BCUT2D eigenvalue weighted by Gasteiger charge is -2.21. The van der Waals surface area contributed by atoms with Gasteiger partial charge >= 0.3 is 18.2 Å². The number of ether oxygens (including phenoxy) is 1. The van der Waals surface area contributed by atoms with Gasteiger partial charge in [0.2, 0.25) is 0 Å². The fourth-order valence-corrected chi connectivity index (χ4v) is 1.63. The molecule has 0 unspecified atom stereocenters. The molecule has 0 atom stereocenters. The van der Waals surface area contributed by atoms with Crippen LogP contribution < -0.4 is 4.90 Å². The Labute approximate surface area is 125 Å². The first kappa shape index (κ1) is 17.8. The van der Waals surface area contributed by atoms with Gasteiger partial charge in [-0.05, 0) is 24.6 Å². The third-order valence-corrected chi connectivity index (χ3v) is 2.72. The Hall–Kier alpha value is -2.25. The summed E-state index contributed by atoms with van der Waals surface area (Å²) in [6.45, 7) is 1.16. The van der Waals surface area contributed by atoms with Gasteiger partial charge in [0.25, 0.3) is 0 Å². The van der Waals surface area contributed by atoms with Gasteiger partial charge in [-0.25, -0.2) is 4.79 Å². The first-order valence-electron chi connectivity index (χ1n) is 6.59. The van der Waals surface area contributed by atoms with Crippen molar-refractivity contribution in [3.8, 4) is 0 Å². The topological polar surface area (TPSA) is 66.8 Å². The molecule has 0 aliphatic heterocycles. The van der Waals surface area contributed by atoms with Gasteiger partial charge in [0.05, 0.1) is 12.2 Å². The zero-order valence-electron chi connectivity index (χ0n) is 11.9. The molecule has 1 rings (SSSR count). The van der Waals surface area contributed by atoms with Crippen LogP contribution in [0.4, 0.5) is 23.7 Å². The predicted octanol–water partition coefficient (Wildman–Crippen LogP) is 3.53. The molecule has 0 aromatic heterocycles. The molecule has 5 nitrogen and oxygen atoms in total. The number of carboxylic acids is 1. The number of anilines is 1. The zero-order valence-corrected chi connectivity index (χ0v) is 11.9. The van der Waals surface area contributed by atoms with Crippen LogP contribution in [0.25, 0.3) is 0 Å². The average Bonchev–Trinajstić information content (AvgIpc) is 2.44. The van der Waals surface area contributed by atoms with Gasteiger partial charge in [0.15, 0.2) is 0 Å². The average molecular weight is 319 g/mol. The highest BCUT2D eigenvalue weighted by molar-refractivity contribution is 5.93. The Morgan fingerprint density at radius 3 is 2.55 bits per heavy atom. The van der Waals surface area contributed by atoms with Gasteiger partial charge in [0.1, 0.15) is 6.54 Å². The second kappa shape index (κ2) is 7.67. The van der Waals surface area contributed by atoms with Crippen molar-refractivity contribution in [1.82, 2.24) is 0 Å². The Morgan fingerprint density at radius 2 is 2.00 bits per heavy atom. The van der Waals surface area contributed by atoms with Crippen LogP contribution in [0.1, 0.15) is 25.3 Å². The van der Waals surface area contributed by atoms with E-state index in [1.54, 1.807) is 0 Å². The maximum Gasteiger partial charge on any atom is 0.416 e. The van der Waals surface area contributed by atoms with Crippen molar-refractivity contribution in [2.75, 3.05) is 18.1 Å². The van der Waals surface area contributed by atoms with E-state index in [9.17, 15) is 22.8 Å². The largest absolute Gasteiger partial charge is 0.480 e. The summed E-state index contributed by atoms with van der Waals surface area (Å²) in [5.41, 5.74) is -1.15. The molecule has 1 aromatic carbocycles. The molecule has 8 heteroatoms. The summed E-state index contributed by atoms with van der Waals surface area (Å²) in [7, 11) is 0. The van der Waals surface area contributed by atoms with Gasteiger partial charge in [-0.15, -0.1) is 0 Å². The molecule has 1 N–H and O–H groups in total. The van der Waals surface area contributed by atoms with Gasteiger partial charge in [-0.3, -0.25) is 9.69 Å². The van der Waals surface area contributed by atoms with Crippen molar-refractivity contribution in [2.45, 2.75) is 25.9 Å². The monoisotopic (exact) mass is 319 g/mol. The van der Waals surface area contributed by atoms with Crippen molar-refractivity contribution in [3.05, 3.63) is 29.8 Å². The molecule has 122 valence electrons. The van der Waals surface area contributed by atoms with E-state index in [0.717, 1.165) is 18.6 Å². The number of hydrogen-bond donors (Lipinski definition) is 1. The number of benzene rings is 1. The van der Waals surface area contributed by atoms with Crippen LogP contribution >= 0.6 is 0 Å². The van der Waals surface area contributed by atoms with E-state index in [4.69, 9.17) is 9.84 Å². The number of aliphatic carboxylic acids is 1. The van der Waals surface area contributed by atoms with Crippen molar-refractivity contribution in [1.29, 1.82) is 0 Å². The normalized spacial score (nSPS) is 11.1. The van der Waals surface area contributed by atoms with E-state index >= 15 is 0 Å². The lowest BCUT2D eigenvalue weighted by molar-refractivity contribution is -0.137. The number of amides is 1. The van der Waals surface area contributed by atoms with Gasteiger partial charge < -0.3 is 9.84 Å². The molecule has 0 heterocycles. The number of halogens is 3. The van der Waals surface area contributed by atoms with E-state index < -0.39 is 30.3 Å². The summed E-state index contributed by atoms with van der Waals surface area (Å²) in [6.07, 6.45) is -4.24. The lowest BCUT2D eigenvalue weighted by Crippen LogP contribution is -2.36. The zero-order chi connectivity index (χ0) is 16.8. The minimum absolute atomic E-state index is 0.0738. The minimum atomic E-state index is -4.59. The number of carbonyl (C=O) groups is 2. The highest BCUT2D eigenvalue weighted by Gasteiger charge is 2.31. The van der Waals surface area contributed by atoms with Crippen LogP contribution in [0.3, 0.4) is 0 Å². The van der Waals surface area contributed by atoms with Gasteiger partial charge in [0, 0.05) is 5.69 Å². The molecule has 0 radical (unpaired) electrons. The number of unbranched alkanes of at least 4 members (excludes halogenated alkanes) is 1. The highest BCUT2D eigenvalue weighted by Crippen LogP contribution is 2.31. The summed E-state index contributed by atoms with van der Waals surface area (Å²) in [4.78, 5) is 23.4. The molecule has 0 saturated heterocycles. The maximum absolute atomic E-state index is 12.7. The molecule has 0 fully saturated rings. The molecular weight excluding hydrogens is 303 g/mol. The molecule has 1 amide bonds. The van der Waals surface area contributed by atoms with E-state index in [1.165, 1.54) is 6.07 Å². The fourth-order valence-electron chi connectivity index (χ4n) is 1.63. The third-order valence-electron chi connectivity index (χ3n) is 2.72. The molecular formula is C14H16F3NO4. The van der Waals surface area contributed by atoms with E-state index in [2.05, 4.69) is 0 Å². The molecule has 0 saturated carbocycles. The summed E-state index contributed by atoms with van der Waals surface area (Å²) in [6, 6.07) is 3.88. The summed E-state index contributed by atoms with van der Waals surface area (Å²) in [5.74, 6) is -1.36. The van der Waals surface area contributed by atoms with Crippen molar-refractivity contribution >= 4 is 17.7 Å². The van der Waals surface area contributed by atoms with Gasteiger partial charge in [-0.2, -0.15) is 13.2 Å². The first-order chi connectivity index (χ1) is 10.3. The summed E-state index contributed by atoms with van der Waals surface area (Å²) in [5, 5.41) is 8.82. The van der Waals surface area contributed by atoms with Crippen molar-refractivity contribution in [2.24, 2.45) is 0 Å². The number of carbonyl (C=O) groups excluding carboxylic acids is 1. The van der Waals surface area contributed by atoms with E-state index in [1.807, 2.05) is 6.92 Å². The molecule has 1 aromatic rings. The smallest absolute Gasteiger partial charge is 0.416 e. The number of rotatable bonds is 6. The second-order valence-electron chi connectivity index (χ2n) is 4.50. The number of nitrogens with zero attached hydrogens (tertiary/aromatic N) is 1. The number of carboxylic acid groups (broad SMARTS) is 1. The van der Waals surface area contributed by atoms with Crippen LogP contribution in [0.15, 0.2) is 24.3 Å². The Balaban J connectivity index is 3.01. The van der Waals surface area contributed by atoms with E-state index in [0.29, 0.717) is 17.4 Å².